The molecule has 2 aliphatic rings. The van der Waals surface area contributed by atoms with E-state index >= 15 is 0 Å². The SMILES string of the molecule is NCC1(CNC2CCCC2)CCCCCC1. The van der Waals surface area contributed by atoms with E-state index in [9.17, 15) is 0 Å². The van der Waals surface area contributed by atoms with Crippen LogP contribution in [0.2, 0.25) is 0 Å². The van der Waals surface area contributed by atoms with Gasteiger partial charge in [-0.1, -0.05) is 38.5 Å². The average molecular weight is 224 g/mol. The van der Waals surface area contributed by atoms with Crippen molar-refractivity contribution in [2.75, 3.05) is 13.1 Å². The first-order chi connectivity index (χ1) is 7.85. The van der Waals surface area contributed by atoms with Gasteiger partial charge in [-0.3, -0.25) is 0 Å². The molecule has 0 aromatic rings. The highest BCUT2D eigenvalue weighted by atomic mass is 14.9. The lowest BCUT2D eigenvalue weighted by Gasteiger charge is -2.33. The lowest BCUT2D eigenvalue weighted by atomic mass is 9.80. The molecule has 2 aliphatic carbocycles. The van der Waals surface area contributed by atoms with E-state index in [0.29, 0.717) is 5.41 Å². The van der Waals surface area contributed by atoms with Gasteiger partial charge in [-0.15, -0.1) is 0 Å². The molecule has 0 saturated heterocycles. The zero-order valence-electron chi connectivity index (χ0n) is 10.6. The Morgan fingerprint density at radius 2 is 1.56 bits per heavy atom. The first-order valence-electron chi connectivity index (χ1n) is 7.28. The van der Waals surface area contributed by atoms with Gasteiger partial charge in [0.1, 0.15) is 0 Å². The van der Waals surface area contributed by atoms with Crippen molar-refractivity contribution in [2.45, 2.75) is 70.3 Å². The summed E-state index contributed by atoms with van der Waals surface area (Å²) >= 11 is 0. The maximum absolute atomic E-state index is 6.05. The van der Waals surface area contributed by atoms with E-state index in [2.05, 4.69) is 5.32 Å². The van der Waals surface area contributed by atoms with Crippen LogP contribution in [0.25, 0.3) is 0 Å². The summed E-state index contributed by atoms with van der Waals surface area (Å²) < 4.78 is 0. The third-order valence-corrected chi connectivity index (χ3v) is 4.72. The van der Waals surface area contributed by atoms with Crippen LogP contribution in [-0.4, -0.2) is 19.1 Å². The molecule has 0 heterocycles. The molecule has 0 aliphatic heterocycles. The van der Waals surface area contributed by atoms with Crippen LogP contribution in [0.1, 0.15) is 64.2 Å². The second-order valence-electron chi connectivity index (χ2n) is 5.98. The van der Waals surface area contributed by atoms with Gasteiger partial charge < -0.3 is 11.1 Å². The van der Waals surface area contributed by atoms with Crippen molar-refractivity contribution in [1.29, 1.82) is 0 Å². The number of rotatable bonds is 4. The molecule has 0 bridgehead atoms. The maximum atomic E-state index is 6.05. The lowest BCUT2D eigenvalue weighted by Crippen LogP contribution is -2.43. The number of hydrogen-bond donors (Lipinski definition) is 2. The predicted octanol–water partition coefficient (Wildman–Crippen LogP) is 2.82. The van der Waals surface area contributed by atoms with Crippen LogP contribution in [0.4, 0.5) is 0 Å². The molecule has 0 radical (unpaired) electrons. The van der Waals surface area contributed by atoms with Crippen LogP contribution in [0.3, 0.4) is 0 Å². The van der Waals surface area contributed by atoms with E-state index in [1.165, 1.54) is 70.8 Å². The predicted molar refractivity (Wildman–Crippen MR) is 69.4 cm³/mol. The number of nitrogens with two attached hydrogens (primary N) is 1. The Labute approximate surface area is 100 Å². The van der Waals surface area contributed by atoms with Crippen LogP contribution >= 0.6 is 0 Å². The van der Waals surface area contributed by atoms with Gasteiger partial charge in [0, 0.05) is 12.6 Å². The Morgan fingerprint density at radius 3 is 2.12 bits per heavy atom. The molecule has 16 heavy (non-hydrogen) atoms. The standard InChI is InChI=1S/C14H28N2/c15-11-14(9-5-1-2-6-10-14)12-16-13-7-3-4-8-13/h13,16H,1-12,15H2. The first kappa shape index (κ1) is 12.4. The van der Waals surface area contributed by atoms with E-state index in [1.54, 1.807) is 0 Å². The molecule has 2 fully saturated rings. The first-order valence-corrected chi connectivity index (χ1v) is 7.28. The molecule has 3 N–H and O–H groups in total. The summed E-state index contributed by atoms with van der Waals surface area (Å²) in [6.07, 6.45) is 14.0. The summed E-state index contributed by atoms with van der Waals surface area (Å²) in [5, 5.41) is 3.79. The molecular weight excluding hydrogens is 196 g/mol. The van der Waals surface area contributed by atoms with Gasteiger partial charge in [0.15, 0.2) is 0 Å². The second-order valence-corrected chi connectivity index (χ2v) is 5.98. The van der Waals surface area contributed by atoms with E-state index in [0.717, 1.165) is 12.6 Å². The van der Waals surface area contributed by atoms with Crippen molar-refractivity contribution in [3.63, 3.8) is 0 Å². The van der Waals surface area contributed by atoms with E-state index in [-0.39, 0.29) is 0 Å². The topological polar surface area (TPSA) is 38.0 Å². The summed E-state index contributed by atoms with van der Waals surface area (Å²) in [4.78, 5) is 0. The molecule has 2 saturated carbocycles. The summed E-state index contributed by atoms with van der Waals surface area (Å²) in [7, 11) is 0. The van der Waals surface area contributed by atoms with Crippen LogP contribution in [0.5, 0.6) is 0 Å². The summed E-state index contributed by atoms with van der Waals surface area (Å²) in [6.45, 7) is 2.06. The van der Waals surface area contributed by atoms with Crippen molar-refractivity contribution in [2.24, 2.45) is 11.1 Å². The smallest absolute Gasteiger partial charge is 0.00673 e. The maximum Gasteiger partial charge on any atom is 0.00673 e. The minimum atomic E-state index is 0.430. The monoisotopic (exact) mass is 224 g/mol. The fraction of sp³-hybridized carbons (Fsp3) is 1.00. The molecule has 0 spiro atoms. The van der Waals surface area contributed by atoms with Crippen molar-refractivity contribution in [3.05, 3.63) is 0 Å². The van der Waals surface area contributed by atoms with E-state index in [4.69, 9.17) is 5.73 Å². The summed E-state index contributed by atoms with van der Waals surface area (Å²) in [6, 6.07) is 0.798. The van der Waals surface area contributed by atoms with Crippen LogP contribution in [0.15, 0.2) is 0 Å². The third kappa shape index (κ3) is 3.21. The Balaban J connectivity index is 1.81. The van der Waals surface area contributed by atoms with Crippen LogP contribution < -0.4 is 11.1 Å². The fourth-order valence-electron chi connectivity index (χ4n) is 3.42. The van der Waals surface area contributed by atoms with Gasteiger partial charge in [0.2, 0.25) is 0 Å². The third-order valence-electron chi connectivity index (χ3n) is 4.72. The number of nitrogens with one attached hydrogen (secondary N) is 1. The normalized spacial score (nSPS) is 26.8. The average Bonchev–Trinajstić information content (AvgIpc) is 2.72. The van der Waals surface area contributed by atoms with Gasteiger partial charge in [0.25, 0.3) is 0 Å². The highest BCUT2D eigenvalue weighted by molar-refractivity contribution is 4.87. The Morgan fingerprint density at radius 1 is 0.938 bits per heavy atom. The molecule has 2 rings (SSSR count). The summed E-state index contributed by atoms with van der Waals surface area (Å²) in [5.41, 5.74) is 6.48. The van der Waals surface area contributed by atoms with Gasteiger partial charge >= 0.3 is 0 Å². The van der Waals surface area contributed by atoms with Gasteiger partial charge in [-0.25, -0.2) is 0 Å². The molecule has 0 atom stereocenters. The molecule has 2 heteroatoms. The van der Waals surface area contributed by atoms with Crippen LogP contribution in [-0.2, 0) is 0 Å². The lowest BCUT2D eigenvalue weighted by molar-refractivity contribution is 0.232. The molecule has 0 unspecified atom stereocenters. The largest absolute Gasteiger partial charge is 0.330 e. The van der Waals surface area contributed by atoms with Gasteiger partial charge in [-0.05, 0) is 37.6 Å². The Kier molecular flexibility index (Phi) is 4.66. The zero-order valence-corrected chi connectivity index (χ0v) is 10.6. The molecule has 0 aromatic heterocycles. The van der Waals surface area contributed by atoms with Crippen molar-refractivity contribution in [1.82, 2.24) is 5.32 Å². The van der Waals surface area contributed by atoms with Crippen molar-refractivity contribution >= 4 is 0 Å². The molecule has 94 valence electrons. The highest BCUT2D eigenvalue weighted by Crippen LogP contribution is 2.34. The molecule has 0 amide bonds. The molecular formula is C14H28N2. The quantitative estimate of drug-likeness (QED) is 0.721. The zero-order chi connectivity index (χ0) is 11.3. The Hall–Kier alpha value is -0.0800. The van der Waals surface area contributed by atoms with E-state index in [1.807, 2.05) is 0 Å². The fourth-order valence-corrected chi connectivity index (χ4v) is 3.42. The van der Waals surface area contributed by atoms with Gasteiger partial charge in [0.05, 0.1) is 0 Å². The van der Waals surface area contributed by atoms with E-state index < -0.39 is 0 Å². The molecule has 0 aromatic carbocycles. The van der Waals surface area contributed by atoms with Crippen molar-refractivity contribution in [3.8, 4) is 0 Å². The minimum absolute atomic E-state index is 0.430. The minimum Gasteiger partial charge on any atom is -0.330 e. The second kappa shape index (κ2) is 6.02. The number of hydrogen-bond acceptors (Lipinski definition) is 2. The highest BCUT2D eigenvalue weighted by Gasteiger charge is 2.30. The van der Waals surface area contributed by atoms with Gasteiger partial charge in [-0.2, -0.15) is 0 Å². The van der Waals surface area contributed by atoms with Crippen molar-refractivity contribution < 1.29 is 0 Å². The summed E-state index contributed by atoms with van der Waals surface area (Å²) in [5.74, 6) is 0. The Bertz CT molecular complexity index is 189. The molecule has 2 nitrogen and oxygen atoms in total. The van der Waals surface area contributed by atoms with Crippen LogP contribution in [0, 0.1) is 5.41 Å².